The Morgan fingerprint density at radius 2 is 2.19 bits per heavy atom. The molecule has 0 radical (unpaired) electrons. The summed E-state index contributed by atoms with van der Waals surface area (Å²) in [6, 6.07) is 7.76. The van der Waals surface area contributed by atoms with Gasteiger partial charge in [0.05, 0.1) is 5.69 Å². The standard InChI is InChI=1S/C16H17N7O2S/c24-14(18-16-20-19-15(26-16)13-2-1-9-25-13)8-5-11-3-6-12(7-4-11)23-10-17-21-22-23/h3-4,6-7,10,13H,1-2,5,8-9H2,(H,18,20,24)/t13-/m0/s1. The van der Waals surface area contributed by atoms with Gasteiger partial charge < -0.3 is 10.1 Å². The molecule has 0 unspecified atom stereocenters. The zero-order valence-electron chi connectivity index (χ0n) is 13.9. The number of tetrazole rings is 1. The van der Waals surface area contributed by atoms with E-state index in [2.05, 4.69) is 31.0 Å². The fourth-order valence-corrected chi connectivity index (χ4v) is 3.57. The molecule has 134 valence electrons. The molecule has 1 aromatic carbocycles. The number of aromatic nitrogens is 6. The van der Waals surface area contributed by atoms with Crippen LogP contribution >= 0.6 is 11.3 Å². The predicted octanol–water partition coefficient (Wildman–Crippen LogP) is 1.94. The van der Waals surface area contributed by atoms with E-state index in [0.717, 1.165) is 35.7 Å². The first-order valence-electron chi connectivity index (χ1n) is 8.35. The number of carbonyl (C=O) groups is 1. The van der Waals surface area contributed by atoms with E-state index in [4.69, 9.17) is 4.74 Å². The minimum atomic E-state index is -0.0791. The summed E-state index contributed by atoms with van der Waals surface area (Å²) in [5, 5.41) is 23.4. The van der Waals surface area contributed by atoms with Gasteiger partial charge in [-0.2, -0.15) is 0 Å². The van der Waals surface area contributed by atoms with Crippen molar-refractivity contribution in [1.82, 2.24) is 30.4 Å². The number of hydrogen-bond donors (Lipinski definition) is 1. The van der Waals surface area contributed by atoms with Gasteiger partial charge >= 0.3 is 0 Å². The summed E-state index contributed by atoms with van der Waals surface area (Å²) in [5.74, 6) is -0.0791. The molecule has 1 aliphatic heterocycles. The second-order valence-electron chi connectivity index (χ2n) is 5.92. The highest BCUT2D eigenvalue weighted by Crippen LogP contribution is 2.31. The van der Waals surface area contributed by atoms with Crippen molar-refractivity contribution in [3.8, 4) is 5.69 Å². The van der Waals surface area contributed by atoms with Crippen molar-refractivity contribution in [3.63, 3.8) is 0 Å². The van der Waals surface area contributed by atoms with Gasteiger partial charge in [-0.3, -0.25) is 4.79 Å². The van der Waals surface area contributed by atoms with Gasteiger partial charge in [0.2, 0.25) is 11.0 Å². The van der Waals surface area contributed by atoms with Crippen LogP contribution in [0.25, 0.3) is 5.69 Å². The molecule has 1 amide bonds. The van der Waals surface area contributed by atoms with Gasteiger partial charge in [-0.15, -0.1) is 15.3 Å². The highest BCUT2D eigenvalue weighted by Gasteiger charge is 2.22. The summed E-state index contributed by atoms with van der Waals surface area (Å²) in [6.07, 6.45) is 4.58. The average molecular weight is 371 g/mol. The van der Waals surface area contributed by atoms with E-state index < -0.39 is 0 Å². The Hall–Kier alpha value is -2.72. The predicted molar refractivity (Wildman–Crippen MR) is 93.9 cm³/mol. The molecule has 1 fully saturated rings. The molecule has 0 spiro atoms. The first-order chi connectivity index (χ1) is 12.8. The average Bonchev–Trinajstić information content (AvgIpc) is 3.41. The molecule has 10 heteroatoms. The van der Waals surface area contributed by atoms with Crippen molar-refractivity contribution in [1.29, 1.82) is 0 Å². The quantitative estimate of drug-likeness (QED) is 0.705. The maximum Gasteiger partial charge on any atom is 0.226 e. The summed E-state index contributed by atoms with van der Waals surface area (Å²) in [4.78, 5) is 12.1. The fraction of sp³-hybridized carbons (Fsp3) is 0.375. The number of benzene rings is 1. The van der Waals surface area contributed by atoms with Crippen LogP contribution in [0.1, 0.15) is 35.9 Å². The number of carbonyl (C=O) groups excluding carboxylic acids is 1. The topological polar surface area (TPSA) is 108 Å². The molecule has 0 aliphatic carbocycles. The van der Waals surface area contributed by atoms with Crippen LogP contribution in [0.2, 0.25) is 0 Å². The van der Waals surface area contributed by atoms with Crippen molar-refractivity contribution < 1.29 is 9.53 Å². The maximum atomic E-state index is 12.1. The van der Waals surface area contributed by atoms with Gasteiger partial charge in [-0.05, 0) is 47.4 Å². The van der Waals surface area contributed by atoms with Crippen LogP contribution in [0.3, 0.4) is 0 Å². The Morgan fingerprint density at radius 1 is 1.31 bits per heavy atom. The van der Waals surface area contributed by atoms with E-state index in [-0.39, 0.29) is 12.0 Å². The highest BCUT2D eigenvalue weighted by molar-refractivity contribution is 7.15. The molecule has 1 aliphatic rings. The zero-order valence-corrected chi connectivity index (χ0v) is 14.7. The maximum absolute atomic E-state index is 12.1. The van der Waals surface area contributed by atoms with Crippen molar-refractivity contribution in [2.75, 3.05) is 11.9 Å². The van der Waals surface area contributed by atoms with E-state index in [1.807, 2.05) is 24.3 Å². The number of hydrogen-bond acceptors (Lipinski definition) is 8. The minimum absolute atomic E-state index is 0.0249. The molecule has 9 nitrogen and oxygen atoms in total. The van der Waals surface area contributed by atoms with Gasteiger partial charge in [-0.25, -0.2) is 4.68 Å². The third-order valence-electron chi connectivity index (χ3n) is 4.08. The van der Waals surface area contributed by atoms with Crippen LogP contribution in [0.5, 0.6) is 0 Å². The van der Waals surface area contributed by atoms with Crippen molar-refractivity contribution in [2.24, 2.45) is 0 Å². The molecule has 4 rings (SSSR count). The molecule has 2 aromatic heterocycles. The molecule has 1 saturated heterocycles. The minimum Gasteiger partial charge on any atom is -0.371 e. The Labute approximate surface area is 153 Å². The van der Waals surface area contributed by atoms with Crippen LogP contribution in [-0.2, 0) is 16.0 Å². The first kappa shape index (κ1) is 16.7. The largest absolute Gasteiger partial charge is 0.371 e. The lowest BCUT2D eigenvalue weighted by Crippen LogP contribution is -2.12. The number of anilines is 1. The summed E-state index contributed by atoms with van der Waals surface area (Å²) in [5.41, 5.74) is 1.94. The lowest BCUT2D eigenvalue weighted by atomic mass is 10.1. The molecule has 1 N–H and O–H groups in total. The van der Waals surface area contributed by atoms with Crippen LogP contribution in [0.15, 0.2) is 30.6 Å². The SMILES string of the molecule is O=C(CCc1ccc(-n2cnnn2)cc1)Nc1nnc([C@@H]2CCCO2)s1. The van der Waals surface area contributed by atoms with Crippen LogP contribution < -0.4 is 5.32 Å². The number of nitrogens with zero attached hydrogens (tertiary/aromatic N) is 6. The summed E-state index contributed by atoms with van der Waals surface area (Å²) < 4.78 is 7.16. The highest BCUT2D eigenvalue weighted by atomic mass is 32.1. The molecule has 0 saturated carbocycles. The first-order valence-corrected chi connectivity index (χ1v) is 9.17. The lowest BCUT2D eigenvalue weighted by Gasteiger charge is -2.04. The van der Waals surface area contributed by atoms with Crippen molar-refractivity contribution >= 4 is 22.4 Å². The van der Waals surface area contributed by atoms with E-state index in [1.165, 1.54) is 17.7 Å². The lowest BCUT2D eigenvalue weighted by molar-refractivity contribution is -0.116. The van der Waals surface area contributed by atoms with Crippen LogP contribution in [0.4, 0.5) is 5.13 Å². The monoisotopic (exact) mass is 371 g/mol. The van der Waals surface area contributed by atoms with E-state index in [9.17, 15) is 4.79 Å². The van der Waals surface area contributed by atoms with Crippen molar-refractivity contribution in [3.05, 3.63) is 41.2 Å². The number of nitrogens with one attached hydrogen (secondary N) is 1. The molecule has 3 heterocycles. The molecular formula is C16H17N7O2S. The zero-order chi connectivity index (χ0) is 17.8. The van der Waals surface area contributed by atoms with Crippen molar-refractivity contribution in [2.45, 2.75) is 31.8 Å². The smallest absolute Gasteiger partial charge is 0.226 e. The number of ether oxygens (including phenoxy) is 1. The number of rotatable bonds is 6. The van der Waals surface area contributed by atoms with Gasteiger partial charge in [0.1, 0.15) is 17.4 Å². The van der Waals surface area contributed by atoms with Gasteiger partial charge in [0.15, 0.2) is 0 Å². The number of amides is 1. The summed E-state index contributed by atoms with van der Waals surface area (Å²) in [7, 11) is 0. The van der Waals surface area contributed by atoms with Crippen LogP contribution in [-0.4, -0.2) is 42.9 Å². The Balaban J connectivity index is 1.28. The second kappa shape index (κ2) is 7.67. The molecule has 1 atom stereocenters. The van der Waals surface area contributed by atoms with E-state index in [0.29, 0.717) is 18.0 Å². The van der Waals surface area contributed by atoms with Gasteiger partial charge in [0, 0.05) is 13.0 Å². The third-order valence-corrected chi connectivity index (χ3v) is 5.01. The van der Waals surface area contributed by atoms with Gasteiger partial charge in [-0.1, -0.05) is 23.5 Å². The normalized spacial score (nSPS) is 16.7. The molecule has 26 heavy (non-hydrogen) atoms. The molecule has 3 aromatic rings. The Kier molecular flexibility index (Phi) is 4.93. The molecular weight excluding hydrogens is 354 g/mol. The summed E-state index contributed by atoms with van der Waals surface area (Å²) >= 11 is 1.38. The fourth-order valence-electron chi connectivity index (χ4n) is 2.72. The Morgan fingerprint density at radius 3 is 2.92 bits per heavy atom. The van der Waals surface area contributed by atoms with Crippen LogP contribution in [0, 0.1) is 0 Å². The van der Waals surface area contributed by atoms with Gasteiger partial charge in [0.25, 0.3) is 0 Å². The summed E-state index contributed by atoms with van der Waals surface area (Å²) in [6.45, 7) is 0.762. The number of aryl methyl sites for hydroxylation is 1. The van der Waals surface area contributed by atoms with E-state index in [1.54, 1.807) is 4.68 Å². The third kappa shape index (κ3) is 3.92. The van der Waals surface area contributed by atoms with E-state index >= 15 is 0 Å². The Bertz CT molecular complexity index is 857. The second-order valence-corrected chi connectivity index (χ2v) is 6.93. The molecule has 0 bridgehead atoms.